The fraction of sp³-hybridized carbons (Fsp3) is 0.200. The van der Waals surface area contributed by atoms with Gasteiger partial charge in [-0.25, -0.2) is 12.8 Å². The van der Waals surface area contributed by atoms with E-state index < -0.39 is 15.8 Å². The molecule has 0 heterocycles. The van der Waals surface area contributed by atoms with Gasteiger partial charge < -0.3 is 4.74 Å². The van der Waals surface area contributed by atoms with Crippen LogP contribution >= 0.6 is 0 Å². The van der Waals surface area contributed by atoms with Crippen molar-refractivity contribution in [3.8, 4) is 5.75 Å². The molecule has 0 saturated heterocycles. The smallest absolute Gasteiger partial charge is 0.265 e. The third-order valence-corrected chi connectivity index (χ3v) is 4.42. The van der Waals surface area contributed by atoms with E-state index in [1.54, 1.807) is 12.1 Å². The highest BCUT2D eigenvalue weighted by Crippen LogP contribution is 2.27. The van der Waals surface area contributed by atoms with E-state index in [1.165, 1.54) is 31.4 Å². The van der Waals surface area contributed by atoms with E-state index in [-0.39, 0.29) is 10.6 Å². The van der Waals surface area contributed by atoms with E-state index in [1.807, 2.05) is 13.0 Å². The fourth-order valence-electron chi connectivity index (χ4n) is 1.88. The lowest BCUT2D eigenvalue weighted by atomic mass is 10.2. The van der Waals surface area contributed by atoms with Crippen LogP contribution in [0, 0.1) is 5.82 Å². The molecule has 112 valence electrons. The van der Waals surface area contributed by atoms with Crippen LogP contribution in [-0.2, 0) is 16.4 Å². The first-order chi connectivity index (χ1) is 9.96. The summed E-state index contributed by atoms with van der Waals surface area (Å²) in [5.41, 5.74) is 1.18. The molecule has 0 aromatic heterocycles. The molecule has 2 aromatic carbocycles. The first kappa shape index (κ1) is 15.3. The molecule has 0 bridgehead atoms. The lowest BCUT2D eigenvalue weighted by Gasteiger charge is -2.12. The molecule has 0 amide bonds. The molecule has 1 N–H and O–H groups in total. The zero-order valence-electron chi connectivity index (χ0n) is 11.8. The minimum Gasteiger partial charge on any atom is -0.495 e. The second kappa shape index (κ2) is 6.13. The van der Waals surface area contributed by atoms with Crippen LogP contribution in [0.5, 0.6) is 5.75 Å². The van der Waals surface area contributed by atoms with Crippen LogP contribution < -0.4 is 9.46 Å². The van der Waals surface area contributed by atoms with Crippen molar-refractivity contribution in [2.24, 2.45) is 0 Å². The highest BCUT2D eigenvalue weighted by Gasteiger charge is 2.20. The summed E-state index contributed by atoms with van der Waals surface area (Å²) in [6.07, 6.45) is 0.711. The summed E-state index contributed by atoms with van der Waals surface area (Å²) in [5, 5.41) is 0. The van der Waals surface area contributed by atoms with E-state index >= 15 is 0 Å². The Morgan fingerprint density at radius 2 is 1.81 bits per heavy atom. The standard InChI is InChI=1S/C15H16FNO3S/c1-3-11-4-9-14(20-2)15(10-11)21(18,19)17-13-7-5-12(16)6-8-13/h4-10,17H,3H2,1-2H3. The topological polar surface area (TPSA) is 55.4 Å². The molecule has 4 nitrogen and oxygen atoms in total. The maximum atomic E-state index is 12.9. The van der Waals surface area contributed by atoms with Crippen molar-refractivity contribution >= 4 is 15.7 Å². The molecular formula is C15H16FNO3S. The number of aryl methyl sites for hydroxylation is 1. The van der Waals surface area contributed by atoms with Gasteiger partial charge in [0, 0.05) is 5.69 Å². The van der Waals surface area contributed by atoms with Gasteiger partial charge in [0.05, 0.1) is 7.11 Å². The molecule has 0 atom stereocenters. The van der Waals surface area contributed by atoms with Crippen LogP contribution in [0.25, 0.3) is 0 Å². The molecule has 0 aliphatic carbocycles. The lowest BCUT2D eigenvalue weighted by Crippen LogP contribution is -2.14. The number of anilines is 1. The summed E-state index contributed by atoms with van der Waals surface area (Å²) in [5.74, 6) is -0.162. The lowest BCUT2D eigenvalue weighted by molar-refractivity contribution is 0.402. The van der Waals surface area contributed by atoms with E-state index in [2.05, 4.69) is 4.72 Å². The summed E-state index contributed by atoms with van der Waals surface area (Å²) < 4.78 is 45.3. The zero-order chi connectivity index (χ0) is 15.5. The molecule has 0 saturated carbocycles. The second-order valence-electron chi connectivity index (χ2n) is 4.45. The van der Waals surface area contributed by atoms with Crippen LogP contribution in [0.15, 0.2) is 47.4 Å². The molecule has 6 heteroatoms. The summed E-state index contributed by atoms with van der Waals surface area (Å²) in [4.78, 5) is 0.0636. The first-order valence-electron chi connectivity index (χ1n) is 6.41. The van der Waals surface area contributed by atoms with Crippen molar-refractivity contribution in [2.45, 2.75) is 18.2 Å². The molecule has 21 heavy (non-hydrogen) atoms. The third kappa shape index (κ3) is 3.52. The summed E-state index contributed by atoms with van der Waals surface area (Å²) in [6.45, 7) is 1.94. The SMILES string of the molecule is CCc1ccc(OC)c(S(=O)(=O)Nc2ccc(F)cc2)c1. The first-order valence-corrected chi connectivity index (χ1v) is 7.90. The van der Waals surface area contributed by atoms with E-state index in [4.69, 9.17) is 4.74 Å². The predicted molar refractivity (Wildman–Crippen MR) is 79.6 cm³/mol. The number of hydrogen-bond donors (Lipinski definition) is 1. The summed E-state index contributed by atoms with van der Waals surface area (Å²) in [6, 6.07) is 10.1. The monoisotopic (exact) mass is 309 g/mol. The van der Waals surface area contributed by atoms with Crippen molar-refractivity contribution in [1.82, 2.24) is 0 Å². The zero-order valence-corrected chi connectivity index (χ0v) is 12.6. The second-order valence-corrected chi connectivity index (χ2v) is 6.10. The third-order valence-electron chi connectivity index (χ3n) is 3.02. The van der Waals surface area contributed by atoms with Crippen molar-refractivity contribution in [2.75, 3.05) is 11.8 Å². The number of hydrogen-bond acceptors (Lipinski definition) is 3. The van der Waals surface area contributed by atoms with Crippen LogP contribution in [0.4, 0.5) is 10.1 Å². The van der Waals surface area contributed by atoms with Gasteiger partial charge in [-0.15, -0.1) is 0 Å². The quantitative estimate of drug-likeness (QED) is 0.923. The highest BCUT2D eigenvalue weighted by molar-refractivity contribution is 7.92. The van der Waals surface area contributed by atoms with Crippen molar-refractivity contribution in [3.05, 3.63) is 53.8 Å². The number of sulfonamides is 1. The number of nitrogens with one attached hydrogen (secondary N) is 1. The Morgan fingerprint density at radius 1 is 1.14 bits per heavy atom. The Balaban J connectivity index is 2.41. The van der Waals surface area contributed by atoms with E-state index in [0.717, 1.165) is 5.56 Å². The largest absolute Gasteiger partial charge is 0.495 e. The van der Waals surface area contributed by atoms with Crippen LogP contribution in [-0.4, -0.2) is 15.5 Å². The molecule has 2 aromatic rings. The highest BCUT2D eigenvalue weighted by atomic mass is 32.2. The van der Waals surface area contributed by atoms with Gasteiger partial charge in [-0.2, -0.15) is 0 Å². The summed E-state index contributed by atoms with van der Waals surface area (Å²) >= 11 is 0. The number of halogens is 1. The van der Waals surface area contributed by atoms with E-state index in [0.29, 0.717) is 12.1 Å². The maximum Gasteiger partial charge on any atom is 0.265 e. The van der Waals surface area contributed by atoms with Gasteiger partial charge in [-0.3, -0.25) is 4.72 Å². The normalized spacial score (nSPS) is 11.2. The van der Waals surface area contributed by atoms with Gasteiger partial charge in [0.15, 0.2) is 0 Å². The van der Waals surface area contributed by atoms with Gasteiger partial charge in [0.25, 0.3) is 10.0 Å². The molecule has 0 aliphatic heterocycles. The molecule has 2 rings (SSSR count). The van der Waals surface area contributed by atoms with Gasteiger partial charge in [0.1, 0.15) is 16.5 Å². The Morgan fingerprint density at radius 3 is 2.38 bits per heavy atom. The molecular weight excluding hydrogens is 293 g/mol. The van der Waals surface area contributed by atoms with Crippen LogP contribution in [0.2, 0.25) is 0 Å². The van der Waals surface area contributed by atoms with Crippen LogP contribution in [0.1, 0.15) is 12.5 Å². The summed E-state index contributed by atoms with van der Waals surface area (Å²) in [7, 11) is -2.38. The average Bonchev–Trinajstić information content (AvgIpc) is 2.48. The number of ether oxygens (including phenoxy) is 1. The van der Waals surface area contributed by atoms with Gasteiger partial charge >= 0.3 is 0 Å². The number of rotatable bonds is 5. The molecule has 0 radical (unpaired) electrons. The van der Waals surface area contributed by atoms with Gasteiger partial charge in [0.2, 0.25) is 0 Å². The predicted octanol–water partition coefficient (Wildman–Crippen LogP) is 3.20. The molecule has 0 fully saturated rings. The van der Waals surface area contributed by atoms with Crippen molar-refractivity contribution in [1.29, 1.82) is 0 Å². The Bertz CT molecular complexity index is 727. The van der Waals surface area contributed by atoms with Crippen molar-refractivity contribution < 1.29 is 17.5 Å². The number of methoxy groups -OCH3 is 1. The maximum absolute atomic E-state index is 12.9. The van der Waals surface area contributed by atoms with Crippen LogP contribution in [0.3, 0.4) is 0 Å². The minimum absolute atomic E-state index is 0.0636. The van der Waals surface area contributed by atoms with Crippen molar-refractivity contribution in [3.63, 3.8) is 0 Å². The number of benzene rings is 2. The molecule has 0 aliphatic rings. The molecule has 0 spiro atoms. The van der Waals surface area contributed by atoms with Gasteiger partial charge in [-0.05, 0) is 48.4 Å². The average molecular weight is 309 g/mol. The minimum atomic E-state index is -3.80. The van der Waals surface area contributed by atoms with E-state index in [9.17, 15) is 12.8 Å². The molecule has 0 unspecified atom stereocenters. The Kier molecular flexibility index (Phi) is 4.47. The Hall–Kier alpha value is -2.08. The fourth-order valence-corrected chi connectivity index (χ4v) is 3.16. The Labute approximate surface area is 123 Å². The van der Waals surface area contributed by atoms with Gasteiger partial charge in [-0.1, -0.05) is 13.0 Å².